The molecule has 0 radical (unpaired) electrons. The van der Waals surface area contributed by atoms with Gasteiger partial charge in [-0.3, -0.25) is 4.68 Å². The lowest BCUT2D eigenvalue weighted by molar-refractivity contribution is 0.327. The first-order valence-corrected chi connectivity index (χ1v) is 10.3. The monoisotopic (exact) mass is 511 g/mol. The zero-order valence-corrected chi connectivity index (χ0v) is 20.3. The van der Waals surface area contributed by atoms with Gasteiger partial charge in [0.2, 0.25) is 0 Å². The minimum Gasteiger partial charge on any atom is -0.492 e. The molecule has 29 heavy (non-hydrogen) atoms. The molecule has 1 fully saturated rings. The van der Waals surface area contributed by atoms with E-state index in [-0.39, 0.29) is 24.0 Å². The number of likely N-dealkylation sites (tertiary alicyclic amines) is 1. The third kappa shape index (κ3) is 6.62. The number of aromatic nitrogens is 2. The summed E-state index contributed by atoms with van der Waals surface area (Å²) in [4.78, 5) is 7.12. The Morgan fingerprint density at radius 3 is 2.69 bits per heavy atom. The number of halogens is 1. The molecule has 1 N–H and O–H groups in total. The van der Waals surface area contributed by atoms with Gasteiger partial charge in [0.15, 0.2) is 5.96 Å². The number of nitrogens with zero attached hydrogens (tertiary/aromatic N) is 4. The number of nitrogens with one attached hydrogen (secondary N) is 1. The van der Waals surface area contributed by atoms with Gasteiger partial charge in [-0.05, 0) is 42.5 Å². The Morgan fingerprint density at radius 1 is 1.31 bits per heavy atom. The standard InChI is InChI=1S/C22H33N5O.HI/c1-5-23-22(27-12-10-19(16-27)20-14-25-26(4)15-20)24-11-13-28-21-8-6-18(7-9-21)17(2)3;/h6-9,14-15,17,19H,5,10-13,16H2,1-4H3,(H,23,24);1H. The summed E-state index contributed by atoms with van der Waals surface area (Å²) >= 11 is 0. The number of aliphatic imine (C=N–C) groups is 1. The molecule has 3 rings (SSSR count). The third-order valence-electron chi connectivity index (χ3n) is 5.19. The minimum absolute atomic E-state index is 0. The van der Waals surface area contributed by atoms with Crippen molar-refractivity contribution in [2.24, 2.45) is 12.0 Å². The maximum absolute atomic E-state index is 5.86. The van der Waals surface area contributed by atoms with Crippen LogP contribution in [0, 0.1) is 0 Å². The fourth-order valence-corrected chi connectivity index (χ4v) is 3.57. The average molecular weight is 511 g/mol. The van der Waals surface area contributed by atoms with Crippen molar-refractivity contribution >= 4 is 29.9 Å². The van der Waals surface area contributed by atoms with E-state index >= 15 is 0 Å². The molecule has 0 amide bonds. The van der Waals surface area contributed by atoms with Crippen molar-refractivity contribution in [1.82, 2.24) is 20.0 Å². The molecule has 2 aromatic rings. The maximum Gasteiger partial charge on any atom is 0.194 e. The fraction of sp³-hybridized carbons (Fsp3) is 0.545. The number of hydrogen-bond acceptors (Lipinski definition) is 3. The largest absolute Gasteiger partial charge is 0.492 e. The molecule has 0 aliphatic carbocycles. The molecular weight excluding hydrogens is 477 g/mol. The molecule has 0 spiro atoms. The average Bonchev–Trinajstić information content (AvgIpc) is 3.33. The second-order valence-electron chi connectivity index (χ2n) is 7.69. The summed E-state index contributed by atoms with van der Waals surface area (Å²) in [6, 6.07) is 8.36. The zero-order valence-electron chi connectivity index (χ0n) is 18.0. The minimum atomic E-state index is 0. The van der Waals surface area contributed by atoms with E-state index in [2.05, 4.69) is 54.4 Å². The van der Waals surface area contributed by atoms with Crippen molar-refractivity contribution < 1.29 is 4.74 Å². The molecule has 2 heterocycles. The summed E-state index contributed by atoms with van der Waals surface area (Å²) in [6.07, 6.45) is 5.24. The van der Waals surface area contributed by atoms with E-state index in [4.69, 9.17) is 9.73 Å². The highest BCUT2D eigenvalue weighted by Gasteiger charge is 2.26. The van der Waals surface area contributed by atoms with Crippen LogP contribution < -0.4 is 10.1 Å². The van der Waals surface area contributed by atoms with Gasteiger partial charge >= 0.3 is 0 Å². The van der Waals surface area contributed by atoms with Crippen LogP contribution in [0.2, 0.25) is 0 Å². The van der Waals surface area contributed by atoms with Crippen LogP contribution in [0.1, 0.15) is 50.2 Å². The first kappa shape index (κ1) is 23.5. The van der Waals surface area contributed by atoms with Gasteiger partial charge in [0.1, 0.15) is 12.4 Å². The van der Waals surface area contributed by atoms with Gasteiger partial charge in [-0.2, -0.15) is 5.10 Å². The van der Waals surface area contributed by atoms with E-state index in [1.807, 2.05) is 30.1 Å². The fourth-order valence-electron chi connectivity index (χ4n) is 3.57. The highest BCUT2D eigenvalue weighted by Crippen LogP contribution is 2.26. The quantitative estimate of drug-likeness (QED) is 0.264. The summed E-state index contributed by atoms with van der Waals surface area (Å²) in [5.41, 5.74) is 2.64. The first-order valence-electron chi connectivity index (χ1n) is 10.3. The van der Waals surface area contributed by atoms with Crippen LogP contribution in [0.25, 0.3) is 0 Å². The molecule has 1 atom stereocenters. The number of rotatable bonds is 7. The van der Waals surface area contributed by atoms with Crippen molar-refractivity contribution in [3.05, 3.63) is 47.8 Å². The van der Waals surface area contributed by atoms with Crippen LogP contribution in [0.5, 0.6) is 5.75 Å². The Kier molecular flexibility index (Phi) is 9.26. The Bertz CT molecular complexity index is 772. The Labute approximate surface area is 191 Å². The molecule has 160 valence electrons. The van der Waals surface area contributed by atoms with Crippen LogP contribution in [0.3, 0.4) is 0 Å². The van der Waals surface area contributed by atoms with E-state index in [1.165, 1.54) is 11.1 Å². The van der Waals surface area contributed by atoms with E-state index in [1.54, 1.807) is 0 Å². The molecule has 1 aromatic carbocycles. The predicted octanol–water partition coefficient (Wildman–Crippen LogP) is 4.00. The first-order chi connectivity index (χ1) is 13.6. The molecule has 0 saturated carbocycles. The molecule has 1 aromatic heterocycles. The normalized spacial score (nSPS) is 16.8. The molecule has 1 saturated heterocycles. The van der Waals surface area contributed by atoms with Gasteiger partial charge in [0.25, 0.3) is 0 Å². The van der Waals surface area contributed by atoms with Gasteiger partial charge in [0, 0.05) is 38.8 Å². The summed E-state index contributed by atoms with van der Waals surface area (Å²) in [6.45, 7) is 10.6. The number of benzene rings is 1. The maximum atomic E-state index is 5.86. The Balaban J connectivity index is 0.00000300. The summed E-state index contributed by atoms with van der Waals surface area (Å²) < 4.78 is 7.74. The van der Waals surface area contributed by atoms with Gasteiger partial charge in [-0.15, -0.1) is 24.0 Å². The van der Waals surface area contributed by atoms with E-state index in [0.29, 0.717) is 25.0 Å². The Morgan fingerprint density at radius 2 is 2.07 bits per heavy atom. The van der Waals surface area contributed by atoms with Crippen LogP contribution in [0.4, 0.5) is 0 Å². The van der Waals surface area contributed by atoms with Crippen molar-refractivity contribution in [3.63, 3.8) is 0 Å². The summed E-state index contributed by atoms with van der Waals surface area (Å²) in [5.74, 6) is 2.95. The Hall–Kier alpha value is -1.77. The van der Waals surface area contributed by atoms with E-state index in [0.717, 1.165) is 37.8 Å². The lowest BCUT2D eigenvalue weighted by atomic mass is 10.0. The van der Waals surface area contributed by atoms with Crippen LogP contribution in [0.15, 0.2) is 41.7 Å². The highest BCUT2D eigenvalue weighted by molar-refractivity contribution is 14.0. The second kappa shape index (κ2) is 11.4. The SMILES string of the molecule is CCNC(=NCCOc1ccc(C(C)C)cc1)N1CCC(c2cnn(C)c2)C1.I. The second-order valence-corrected chi connectivity index (χ2v) is 7.69. The smallest absolute Gasteiger partial charge is 0.194 e. The summed E-state index contributed by atoms with van der Waals surface area (Å²) in [5, 5.41) is 7.73. The number of aryl methyl sites for hydroxylation is 1. The van der Waals surface area contributed by atoms with E-state index < -0.39 is 0 Å². The van der Waals surface area contributed by atoms with Crippen molar-refractivity contribution in [3.8, 4) is 5.75 Å². The van der Waals surface area contributed by atoms with Crippen molar-refractivity contribution in [1.29, 1.82) is 0 Å². The van der Waals surface area contributed by atoms with Crippen LogP contribution >= 0.6 is 24.0 Å². The van der Waals surface area contributed by atoms with Crippen LogP contribution in [-0.2, 0) is 7.05 Å². The van der Waals surface area contributed by atoms with Gasteiger partial charge in [-0.1, -0.05) is 26.0 Å². The molecule has 6 nitrogen and oxygen atoms in total. The van der Waals surface area contributed by atoms with Gasteiger partial charge in [-0.25, -0.2) is 4.99 Å². The number of guanidine groups is 1. The molecule has 0 bridgehead atoms. The molecule has 1 aliphatic rings. The molecular formula is C22H34IN5O. The molecule has 1 aliphatic heterocycles. The molecule has 1 unspecified atom stereocenters. The number of hydrogen-bond donors (Lipinski definition) is 1. The van der Waals surface area contributed by atoms with Crippen molar-refractivity contribution in [2.75, 3.05) is 32.8 Å². The topological polar surface area (TPSA) is 54.7 Å². The van der Waals surface area contributed by atoms with Crippen LogP contribution in [-0.4, -0.2) is 53.4 Å². The number of ether oxygens (including phenoxy) is 1. The zero-order chi connectivity index (χ0) is 19.9. The molecule has 7 heteroatoms. The van der Waals surface area contributed by atoms with E-state index in [9.17, 15) is 0 Å². The lowest BCUT2D eigenvalue weighted by Gasteiger charge is -2.21. The highest BCUT2D eigenvalue weighted by atomic mass is 127. The predicted molar refractivity (Wildman–Crippen MR) is 130 cm³/mol. The lowest BCUT2D eigenvalue weighted by Crippen LogP contribution is -2.40. The summed E-state index contributed by atoms with van der Waals surface area (Å²) in [7, 11) is 1.97. The third-order valence-corrected chi connectivity index (χ3v) is 5.19. The van der Waals surface area contributed by atoms with Gasteiger partial charge in [0.05, 0.1) is 12.7 Å². The van der Waals surface area contributed by atoms with Crippen molar-refractivity contribution in [2.45, 2.75) is 39.0 Å². The van der Waals surface area contributed by atoms with Gasteiger partial charge < -0.3 is 15.0 Å².